The van der Waals surface area contributed by atoms with Crippen LogP contribution in [0.25, 0.3) is 0 Å². The largest absolute Gasteiger partial charge is 0.394 e. The van der Waals surface area contributed by atoms with Crippen LogP contribution in [-0.2, 0) is 4.79 Å². The lowest BCUT2D eigenvalue weighted by Gasteiger charge is -2.12. The van der Waals surface area contributed by atoms with Gasteiger partial charge in [-0.1, -0.05) is 22.0 Å². The summed E-state index contributed by atoms with van der Waals surface area (Å²) in [6, 6.07) is 4.60. The van der Waals surface area contributed by atoms with Gasteiger partial charge in [-0.2, -0.15) is 0 Å². The molecule has 0 radical (unpaired) electrons. The smallest absolute Gasteiger partial charge is 0.243 e. The lowest BCUT2D eigenvalue weighted by atomic mass is 10.2. The first-order valence-electron chi connectivity index (χ1n) is 4.48. The number of carbonyl (C=O) groups excluding carboxylic acids is 1. The number of nitrogens with one attached hydrogen (secondary N) is 1. The highest BCUT2D eigenvalue weighted by atomic mass is 79.9. The highest BCUT2D eigenvalue weighted by Gasteiger charge is 2.13. The topological polar surface area (TPSA) is 75.4 Å². The van der Waals surface area contributed by atoms with Crippen LogP contribution in [0.5, 0.6) is 0 Å². The van der Waals surface area contributed by atoms with Crippen LogP contribution >= 0.6 is 15.9 Å². The van der Waals surface area contributed by atoms with Crippen molar-refractivity contribution in [3.05, 3.63) is 28.2 Å². The van der Waals surface area contributed by atoms with E-state index in [0.29, 0.717) is 5.69 Å². The Kier molecular flexibility index (Phi) is 4.26. The standard InChI is InChI=1S/C10H13BrN2O2/c1-6-7(11)3-2-4-9(6)13-10(15)8(12)5-14/h2-4,8,14H,5,12H2,1H3,(H,13,15). The summed E-state index contributed by atoms with van der Waals surface area (Å²) in [5.41, 5.74) is 7.00. The van der Waals surface area contributed by atoms with E-state index in [-0.39, 0.29) is 6.61 Å². The average Bonchev–Trinajstić information content (AvgIpc) is 2.23. The van der Waals surface area contributed by atoms with E-state index < -0.39 is 11.9 Å². The number of anilines is 1. The predicted molar refractivity (Wildman–Crippen MR) is 62.6 cm³/mol. The van der Waals surface area contributed by atoms with Crippen molar-refractivity contribution < 1.29 is 9.90 Å². The summed E-state index contributed by atoms with van der Waals surface area (Å²) in [5.74, 6) is -0.390. The molecule has 0 aliphatic carbocycles. The van der Waals surface area contributed by atoms with Gasteiger partial charge in [0.2, 0.25) is 5.91 Å². The molecule has 0 spiro atoms. The second kappa shape index (κ2) is 5.25. The Labute approximate surface area is 96.6 Å². The molecule has 0 aromatic heterocycles. The summed E-state index contributed by atoms with van der Waals surface area (Å²) in [6.07, 6.45) is 0. The molecule has 15 heavy (non-hydrogen) atoms. The predicted octanol–water partition coefficient (Wildman–Crippen LogP) is 1.02. The van der Waals surface area contributed by atoms with Crippen LogP contribution in [-0.4, -0.2) is 23.7 Å². The van der Waals surface area contributed by atoms with Crippen molar-refractivity contribution in [3.8, 4) is 0 Å². The molecule has 82 valence electrons. The molecule has 1 atom stereocenters. The van der Waals surface area contributed by atoms with Gasteiger partial charge in [0.05, 0.1) is 6.61 Å². The molecule has 0 aliphatic heterocycles. The summed E-state index contributed by atoms with van der Waals surface area (Å²) >= 11 is 3.36. The Morgan fingerprint density at radius 1 is 1.67 bits per heavy atom. The van der Waals surface area contributed by atoms with Gasteiger partial charge in [0.25, 0.3) is 0 Å². The monoisotopic (exact) mass is 272 g/mol. The van der Waals surface area contributed by atoms with E-state index in [0.717, 1.165) is 10.0 Å². The van der Waals surface area contributed by atoms with Crippen molar-refractivity contribution in [2.75, 3.05) is 11.9 Å². The highest BCUT2D eigenvalue weighted by Crippen LogP contribution is 2.23. The van der Waals surface area contributed by atoms with Crippen molar-refractivity contribution in [1.29, 1.82) is 0 Å². The number of carbonyl (C=O) groups is 1. The fourth-order valence-electron chi connectivity index (χ4n) is 1.05. The van der Waals surface area contributed by atoms with Crippen molar-refractivity contribution >= 4 is 27.5 Å². The second-order valence-corrected chi connectivity index (χ2v) is 4.05. The number of nitrogens with two attached hydrogens (primary N) is 1. The number of halogens is 1. The molecule has 1 aromatic rings. The Bertz CT molecular complexity index is 368. The van der Waals surface area contributed by atoms with Gasteiger partial charge in [0, 0.05) is 10.2 Å². The number of aliphatic hydroxyl groups is 1. The van der Waals surface area contributed by atoms with E-state index in [1.165, 1.54) is 0 Å². The first-order chi connectivity index (χ1) is 7.06. The van der Waals surface area contributed by atoms with Crippen molar-refractivity contribution in [2.45, 2.75) is 13.0 Å². The summed E-state index contributed by atoms with van der Waals surface area (Å²) in [5, 5.41) is 11.4. The van der Waals surface area contributed by atoms with E-state index in [1.807, 2.05) is 19.1 Å². The zero-order chi connectivity index (χ0) is 11.4. The van der Waals surface area contributed by atoms with Crippen LogP contribution < -0.4 is 11.1 Å². The molecule has 0 heterocycles. The molecule has 1 amide bonds. The Balaban J connectivity index is 2.81. The number of benzene rings is 1. The van der Waals surface area contributed by atoms with Crippen LogP contribution in [0.4, 0.5) is 5.69 Å². The first-order valence-corrected chi connectivity index (χ1v) is 5.28. The minimum absolute atomic E-state index is 0.362. The molecular weight excluding hydrogens is 260 g/mol. The molecule has 4 N–H and O–H groups in total. The fourth-order valence-corrected chi connectivity index (χ4v) is 1.42. The molecule has 0 fully saturated rings. The van der Waals surface area contributed by atoms with Gasteiger partial charge in [-0.25, -0.2) is 0 Å². The zero-order valence-electron chi connectivity index (χ0n) is 8.33. The fraction of sp³-hybridized carbons (Fsp3) is 0.300. The van der Waals surface area contributed by atoms with Gasteiger partial charge in [0.1, 0.15) is 6.04 Å². The van der Waals surface area contributed by atoms with Crippen LogP contribution in [0.15, 0.2) is 22.7 Å². The molecule has 5 heteroatoms. The van der Waals surface area contributed by atoms with Crippen LogP contribution in [0, 0.1) is 6.92 Å². The van der Waals surface area contributed by atoms with E-state index in [9.17, 15) is 4.79 Å². The first kappa shape index (κ1) is 12.2. The maximum atomic E-state index is 11.4. The maximum absolute atomic E-state index is 11.4. The van der Waals surface area contributed by atoms with Crippen molar-refractivity contribution in [3.63, 3.8) is 0 Å². The summed E-state index contributed by atoms with van der Waals surface area (Å²) in [6.45, 7) is 1.52. The van der Waals surface area contributed by atoms with Crippen molar-refractivity contribution in [2.24, 2.45) is 5.73 Å². The van der Waals surface area contributed by atoms with Crippen molar-refractivity contribution in [1.82, 2.24) is 0 Å². The maximum Gasteiger partial charge on any atom is 0.243 e. The number of rotatable bonds is 3. The Hall–Kier alpha value is -0.910. The third kappa shape index (κ3) is 3.02. The van der Waals surface area contributed by atoms with Gasteiger partial charge >= 0.3 is 0 Å². The van der Waals surface area contributed by atoms with Gasteiger partial charge in [-0.15, -0.1) is 0 Å². The molecule has 4 nitrogen and oxygen atoms in total. The van der Waals surface area contributed by atoms with E-state index in [2.05, 4.69) is 21.2 Å². The average molecular weight is 273 g/mol. The minimum atomic E-state index is -0.886. The third-order valence-electron chi connectivity index (χ3n) is 2.06. The molecule has 0 aliphatic rings. The lowest BCUT2D eigenvalue weighted by molar-refractivity contribution is -0.118. The summed E-state index contributed by atoms with van der Waals surface area (Å²) in [4.78, 5) is 11.4. The zero-order valence-corrected chi connectivity index (χ0v) is 9.91. The van der Waals surface area contributed by atoms with E-state index >= 15 is 0 Å². The lowest BCUT2D eigenvalue weighted by Crippen LogP contribution is -2.38. The minimum Gasteiger partial charge on any atom is -0.394 e. The Morgan fingerprint density at radius 3 is 2.93 bits per heavy atom. The molecule has 1 rings (SSSR count). The van der Waals surface area contributed by atoms with E-state index in [4.69, 9.17) is 10.8 Å². The Morgan fingerprint density at radius 2 is 2.33 bits per heavy atom. The SMILES string of the molecule is Cc1c(Br)cccc1NC(=O)C(N)CO. The normalized spacial score (nSPS) is 12.3. The van der Waals surface area contributed by atoms with Gasteiger partial charge in [-0.05, 0) is 24.6 Å². The van der Waals surface area contributed by atoms with Gasteiger partial charge < -0.3 is 16.2 Å². The molecule has 0 saturated carbocycles. The molecule has 1 aromatic carbocycles. The van der Waals surface area contributed by atoms with Crippen LogP contribution in [0.1, 0.15) is 5.56 Å². The number of hydrogen-bond acceptors (Lipinski definition) is 3. The summed E-state index contributed by atoms with van der Waals surface area (Å²) < 4.78 is 0.915. The number of amides is 1. The van der Waals surface area contributed by atoms with Crippen LogP contribution in [0.3, 0.4) is 0 Å². The van der Waals surface area contributed by atoms with Crippen LogP contribution in [0.2, 0.25) is 0 Å². The molecule has 0 saturated heterocycles. The van der Waals surface area contributed by atoms with Gasteiger partial charge in [-0.3, -0.25) is 4.79 Å². The molecule has 1 unspecified atom stereocenters. The number of hydrogen-bond donors (Lipinski definition) is 3. The number of aliphatic hydroxyl groups excluding tert-OH is 1. The van der Waals surface area contributed by atoms with E-state index in [1.54, 1.807) is 6.07 Å². The highest BCUT2D eigenvalue weighted by molar-refractivity contribution is 9.10. The third-order valence-corrected chi connectivity index (χ3v) is 2.92. The van der Waals surface area contributed by atoms with Gasteiger partial charge in [0.15, 0.2) is 0 Å². The summed E-state index contributed by atoms with van der Waals surface area (Å²) in [7, 11) is 0. The molecular formula is C10H13BrN2O2. The quantitative estimate of drug-likeness (QED) is 0.769. The second-order valence-electron chi connectivity index (χ2n) is 3.19. The molecule has 0 bridgehead atoms.